The molecule has 1 amide bonds. The van der Waals surface area contributed by atoms with Gasteiger partial charge in [-0.2, -0.15) is 0 Å². The highest BCUT2D eigenvalue weighted by molar-refractivity contribution is 5.83. The third-order valence-electron chi connectivity index (χ3n) is 5.24. The van der Waals surface area contributed by atoms with Crippen molar-refractivity contribution in [2.75, 3.05) is 13.2 Å². The Morgan fingerprint density at radius 3 is 2.35 bits per heavy atom. The minimum absolute atomic E-state index is 0.0441. The molecule has 31 heavy (non-hydrogen) atoms. The van der Waals surface area contributed by atoms with Gasteiger partial charge in [-0.25, -0.2) is 4.79 Å². The van der Waals surface area contributed by atoms with Crippen LogP contribution in [-0.4, -0.2) is 30.7 Å². The molecule has 0 unspecified atom stereocenters. The molecule has 0 aliphatic heterocycles. The van der Waals surface area contributed by atoms with Gasteiger partial charge in [-0.3, -0.25) is 0 Å². The molecule has 3 aromatic carbocycles. The van der Waals surface area contributed by atoms with Crippen molar-refractivity contribution in [3.8, 4) is 23.0 Å². The molecular weight excluding hydrogens is 388 g/mol. The van der Waals surface area contributed by atoms with Crippen molar-refractivity contribution in [2.45, 2.75) is 12.3 Å². The number of hydrogen-bond acceptors (Lipinski definition) is 4. The molecule has 3 aromatic rings. The Morgan fingerprint density at radius 1 is 1.00 bits per heavy atom. The van der Waals surface area contributed by atoms with E-state index in [0.717, 1.165) is 11.1 Å². The number of fused-ring (bicyclic) bond motifs is 3. The summed E-state index contributed by atoms with van der Waals surface area (Å²) in [5, 5.41) is 14.5. The van der Waals surface area contributed by atoms with Crippen LogP contribution >= 0.6 is 0 Å². The molecule has 154 valence electrons. The molecule has 0 bridgehead atoms. The second-order valence-electron chi connectivity index (χ2n) is 7.14. The van der Waals surface area contributed by atoms with Crippen LogP contribution in [0.2, 0.25) is 0 Å². The first-order chi connectivity index (χ1) is 15.3. The number of hydrogen-bond donors (Lipinski definition) is 2. The molecule has 0 radical (unpaired) electrons. The van der Waals surface area contributed by atoms with Gasteiger partial charge in [-0.15, -0.1) is 0 Å². The largest absolute Gasteiger partial charge is 0.449 e. The van der Waals surface area contributed by atoms with Crippen molar-refractivity contribution in [2.24, 2.45) is 5.16 Å². The summed E-state index contributed by atoms with van der Waals surface area (Å²) in [6, 6.07) is 23.9. The van der Waals surface area contributed by atoms with E-state index in [2.05, 4.69) is 46.6 Å². The zero-order valence-corrected chi connectivity index (χ0v) is 16.9. The Labute approximate surface area is 181 Å². The normalized spacial score (nSPS) is 12.0. The average molecular weight is 410 g/mol. The third kappa shape index (κ3) is 4.59. The minimum Gasteiger partial charge on any atom is -0.449 e. The number of amides is 1. The van der Waals surface area contributed by atoms with E-state index < -0.39 is 6.09 Å². The molecule has 2 N–H and O–H groups in total. The molecule has 0 atom stereocenters. The van der Waals surface area contributed by atoms with Gasteiger partial charge in [0.1, 0.15) is 6.61 Å². The molecule has 1 aliphatic rings. The monoisotopic (exact) mass is 410 g/mol. The van der Waals surface area contributed by atoms with Crippen molar-refractivity contribution >= 4 is 12.3 Å². The summed E-state index contributed by atoms with van der Waals surface area (Å²) in [5.41, 5.74) is 6.28. The van der Waals surface area contributed by atoms with Gasteiger partial charge in [0.15, 0.2) is 0 Å². The fraction of sp³-hybridized carbons (Fsp3) is 0.154. The lowest BCUT2D eigenvalue weighted by Gasteiger charge is -2.14. The fourth-order valence-electron chi connectivity index (χ4n) is 3.82. The van der Waals surface area contributed by atoms with E-state index in [9.17, 15) is 4.79 Å². The lowest BCUT2D eigenvalue weighted by atomic mass is 9.98. The highest BCUT2D eigenvalue weighted by atomic mass is 16.5. The zero-order valence-electron chi connectivity index (χ0n) is 16.9. The van der Waals surface area contributed by atoms with E-state index in [4.69, 9.17) is 9.94 Å². The Balaban J connectivity index is 1.30. The van der Waals surface area contributed by atoms with Crippen LogP contribution < -0.4 is 5.32 Å². The third-order valence-corrected chi connectivity index (χ3v) is 5.24. The second kappa shape index (κ2) is 9.64. The van der Waals surface area contributed by atoms with Crippen molar-refractivity contribution in [1.82, 2.24) is 5.32 Å². The van der Waals surface area contributed by atoms with E-state index in [1.807, 2.05) is 48.5 Å². The summed E-state index contributed by atoms with van der Waals surface area (Å²) < 4.78 is 5.51. The summed E-state index contributed by atoms with van der Waals surface area (Å²) in [6.07, 6.45) is 1.38. The summed E-state index contributed by atoms with van der Waals surface area (Å²) >= 11 is 0. The van der Waals surface area contributed by atoms with Crippen molar-refractivity contribution in [1.29, 1.82) is 0 Å². The molecule has 5 nitrogen and oxygen atoms in total. The van der Waals surface area contributed by atoms with Crippen LogP contribution in [0.3, 0.4) is 0 Å². The summed E-state index contributed by atoms with van der Waals surface area (Å²) in [7, 11) is 0. The lowest BCUT2D eigenvalue weighted by Crippen LogP contribution is -2.26. The van der Waals surface area contributed by atoms with Crippen LogP contribution in [0, 0.1) is 11.8 Å². The summed E-state index contributed by atoms with van der Waals surface area (Å²) in [5.74, 6) is 6.09. The van der Waals surface area contributed by atoms with E-state index in [1.165, 1.54) is 28.5 Å². The molecule has 0 fully saturated rings. The number of carbonyl (C=O) groups is 1. The first-order valence-electron chi connectivity index (χ1n) is 10.1. The number of rotatable bonds is 5. The Kier molecular flexibility index (Phi) is 6.29. The molecule has 0 saturated carbocycles. The van der Waals surface area contributed by atoms with Crippen molar-refractivity contribution in [3.63, 3.8) is 0 Å². The topological polar surface area (TPSA) is 70.9 Å². The van der Waals surface area contributed by atoms with Gasteiger partial charge >= 0.3 is 6.09 Å². The summed E-state index contributed by atoms with van der Waals surface area (Å²) in [6.45, 7) is 0.680. The van der Waals surface area contributed by atoms with Crippen LogP contribution in [0.1, 0.15) is 34.6 Å². The number of alkyl carbamates (subject to hydrolysis) is 1. The maximum absolute atomic E-state index is 12.2. The van der Waals surface area contributed by atoms with Gasteiger partial charge in [0.2, 0.25) is 0 Å². The van der Waals surface area contributed by atoms with E-state index in [-0.39, 0.29) is 5.92 Å². The number of nitrogens with one attached hydrogen (secondary N) is 1. The highest BCUT2D eigenvalue weighted by Gasteiger charge is 2.28. The Morgan fingerprint density at radius 2 is 1.65 bits per heavy atom. The smallest absolute Gasteiger partial charge is 0.407 e. The maximum atomic E-state index is 12.2. The standard InChI is InChI=1S/C26H22N2O3/c29-26(27-16-8-7-10-19-9-1-2-11-20(19)17-28-30)31-18-25-23-14-5-3-12-21(23)22-13-4-6-15-24(22)25/h1-6,9,11-15,17,25,30H,8,16,18H2,(H,27,29). The molecule has 0 aromatic heterocycles. The van der Waals surface area contributed by atoms with Gasteiger partial charge in [-0.1, -0.05) is 83.7 Å². The second-order valence-corrected chi connectivity index (χ2v) is 7.14. The molecule has 0 spiro atoms. The van der Waals surface area contributed by atoms with Gasteiger partial charge < -0.3 is 15.3 Å². The maximum Gasteiger partial charge on any atom is 0.407 e. The number of benzene rings is 3. The molecule has 4 rings (SSSR count). The first kappa shape index (κ1) is 20.2. The number of oxime groups is 1. The van der Waals surface area contributed by atoms with Crippen LogP contribution in [0.5, 0.6) is 0 Å². The van der Waals surface area contributed by atoms with Crippen LogP contribution in [0.15, 0.2) is 78.0 Å². The fourth-order valence-corrected chi connectivity index (χ4v) is 3.82. The van der Waals surface area contributed by atoms with Gasteiger partial charge in [-0.05, 0) is 28.3 Å². The molecule has 1 aliphatic carbocycles. The quantitative estimate of drug-likeness (QED) is 0.209. The number of ether oxygens (including phenoxy) is 1. The highest BCUT2D eigenvalue weighted by Crippen LogP contribution is 2.44. The lowest BCUT2D eigenvalue weighted by molar-refractivity contribution is 0.143. The van der Waals surface area contributed by atoms with Crippen LogP contribution in [0.4, 0.5) is 4.79 Å². The van der Waals surface area contributed by atoms with Crippen molar-refractivity contribution in [3.05, 3.63) is 95.1 Å². The van der Waals surface area contributed by atoms with Gasteiger partial charge in [0, 0.05) is 30.0 Å². The molecular formula is C26H22N2O3. The first-order valence-corrected chi connectivity index (χ1v) is 10.1. The van der Waals surface area contributed by atoms with Crippen LogP contribution in [0.25, 0.3) is 11.1 Å². The van der Waals surface area contributed by atoms with E-state index >= 15 is 0 Å². The predicted molar refractivity (Wildman–Crippen MR) is 120 cm³/mol. The minimum atomic E-state index is -0.448. The Hall–Kier alpha value is -4.04. The van der Waals surface area contributed by atoms with Crippen molar-refractivity contribution < 1.29 is 14.7 Å². The van der Waals surface area contributed by atoms with E-state index in [1.54, 1.807) is 0 Å². The SMILES string of the molecule is O=C(NCCC#Cc1ccccc1C=NO)OCC1c2ccccc2-c2ccccc21. The van der Waals surface area contributed by atoms with Crippen LogP contribution in [-0.2, 0) is 4.74 Å². The van der Waals surface area contributed by atoms with E-state index in [0.29, 0.717) is 19.6 Å². The number of nitrogens with zero attached hydrogens (tertiary/aromatic N) is 1. The molecule has 5 heteroatoms. The number of carbonyl (C=O) groups excluding carboxylic acids is 1. The van der Waals surface area contributed by atoms with Gasteiger partial charge in [0.25, 0.3) is 0 Å². The molecule has 0 heterocycles. The predicted octanol–water partition coefficient (Wildman–Crippen LogP) is 4.78. The summed E-state index contributed by atoms with van der Waals surface area (Å²) in [4.78, 5) is 12.2. The average Bonchev–Trinajstić information content (AvgIpc) is 3.12. The molecule has 0 saturated heterocycles. The Bertz CT molecular complexity index is 1130. The zero-order chi connectivity index (χ0) is 21.5. The van der Waals surface area contributed by atoms with Gasteiger partial charge in [0.05, 0.1) is 6.21 Å².